The lowest BCUT2D eigenvalue weighted by Crippen LogP contribution is -2.31. The first kappa shape index (κ1) is 14.5. The average Bonchev–Trinajstić information content (AvgIpc) is 2.37. The summed E-state index contributed by atoms with van der Waals surface area (Å²) < 4.78 is 0.738. The van der Waals surface area contributed by atoms with E-state index >= 15 is 0 Å². The fourth-order valence-electron chi connectivity index (χ4n) is 2.00. The molecule has 0 unspecified atom stereocenters. The summed E-state index contributed by atoms with van der Waals surface area (Å²) in [6, 6.07) is 3.45. The van der Waals surface area contributed by atoms with Gasteiger partial charge in [-0.25, -0.2) is 0 Å². The van der Waals surface area contributed by atoms with Crippen LogP contribution in [0.5, 0.6) is 0 Å². The van der Waals surface area contributed by atoms with Crippen molar-refractivity contribution < 1.29 is 9.52 Å². The third-order valence-corrected chi connectivity index (χ3v) is 2.98. The summed E-state index contributed by atoms with van der Waals surface area (Å²) in [6.07, 6.45) is 6.82. The second kappa shape index (κ2) is 7.69. The molecule has 1 aromatic heterocycles. The zero-order valence-electron chi connectivity index (χ0n) is 11.2. The normalized spacial score (nSPS) is 10.6. The standard InChI is InChI=1S/C14H22N2O2/c1-3-5-13(6-4-2)14(17)15-11-12-7-9-16(18)10-8-12/h7-10,13H,3-6,11H2,1-2H3,(H,15,17). The Morgan fingerprint density at radius 2 is 1.83 bits per heavy atom. The number of hydrogen-bond donors (Lipinski definition) is 1. The van der Waals surface area contributed by atoms with Crippen molar-refractivity contribution in [1.29, 1.82) is 0 Å². The van der Waals surface area contributed by atoms with Crippen LogP contribution in [-0.4, -0.2) is 5.91 Å². The van der Waals surface area contributed by atoms with Crippen LogP contribution in [0.3, 0.4) is 0 Å². The number of pyridine rings is 1. The van der Waals surface area contributed by atoms with E-state index in [0.717, 1.165) is 36.0 Å². The highest BCUT2D eigenvalue weighted by Crippen LogP contribution is 2.13. The number of aromatic nitrogens is 1. The lowest BCUT2D eigenvalue weighted by molar-refractivity contribution is -0.605. The maximum Gasteiger partial charge on any atom is 0.223 e. The molecule has 1 heterocycles. The second-order valence-corrected chi connectivity index (χ2v) is 4.56. The van der Waals surface area contributed by atoms with E-state index in [0.29, 0.717) is 6.54 Å². The highest BCUT2D eigenvalue weighted by Gasteiger charge is 2.15. The molecule has 0 radical (unpaired) electrons. The molecule has 0 atom stereocenters. The number of carbonyl (C=O) groups excluding carboxylic acids is 1. The van der Waals surface area contributed by atoms with E-state index in [-0.39, 0.29) is 11.8 Å². The highest BCUT2D eigenvalue weighted by molar-refractivity contribution is 5.78. The molecule has 100 valence electrons. The molecule has 1 aromatic rings. The van der Waals surface area contributed by atoms with Gasteiger partial charge < -0.3 is 10.5 Å². The van der Waals surface area contributed by atoms with Crippen molar-refractivity contribution in [3.05, 3.63) is 35.3 Å². The van der Waals surface area contributed by atoms with Gasteiger partial charge in [0, 0.05) is 24.6 Å². The molecule has 0 bridgehead atoms. The molecule has 0 aliphatic heterocycles. The smallest absolute Gasteiger partial charge is 0.223 e. The van der Waals surface area contributed by atoms with E-state index in [1.807, 2.05) is 0 Å². The van der Waals surface area contributed by atoms with Crippen molar-refractivity contribution in [2.24, 2.45) is 5.92 Å². The lowest BCUT2D eigenvalue weighted by atomic mass is 9.97. The Kier molecular flexibility index (Phi) is 6.19. The largest absolute Gasteiger partial charge is 0.619 e. The first-order valence-electron chi connectivity index (χ1n) is 6.62. The van der Waals surface area contributed by atoms with Gasteiger partial charge in [0.1, 0.15) is 0 Å². The van der Waals surface area contributed by atoms with Gasteiger partial charge in [0.2, 0.25) is 5.91 Å². The van der Waals surface area contributed by atoms with Crippen LogP contribution in [-0.2, 0) is 11.3 Å². The molecule has 4 nitrogen and oxygen atoms in total. The van der Waals surface area contributed by atoms with Crippen molar-refractivity contribution in [3.63, 3.8) is 0 Å². The number of nitrogens with one attached hydrogen (secondary N) is 1. The number of nitrogens with zero attached hydrogens (tertiary/aromatic N) is 1. The van der Waals surface area contributed by atoms with E-state index in [9.17, 15) is 10.0 Å². The molecule has 4 heteroatoms. The molecule has 0 saturated heterocycles. The summed E-state index contributed by atoms with van der Waals surface area (Å²) in [5.74, 6) is 0.241. The molecule has 0 aliphatic rings. The first-order chi connectivity index (χ1) is 8.67. The van der Waals surface area contributed by atoms with Gasteiger partial charge in [-0.1, -0.05) is 26.7 Å². The van der Waals surface area contributed by atoms with Crippen LogP contribution in [0.15, 0.2) is 24.5 Å². The summed E-state index contributed by atoms with van der Waals surface area (Å²) in [7, 11) is 0. The Morgan fingerprint density at radius 3 is 2.33 bits per heavy atom. The number of amides is 1. The molecule has 0 fully saturated rings. The molecule has 1 amide bonds. The second-order valence-electron chi connectivity index (χ2n) is 4.56. The average molecular weight is 250 g/mol. The first-order valence-corrected chi connectivity index (χ1v) is 6.62. The van der Waals surface area contributed by atoms with E-state index in [1.54, 1.807) is 12.1 Å². The van der Waals surface area contributed by atoms with E-state index in [2.05, 4.69) is 19.2 Å². The molecular formula is C14H22N2O2. The van der Waals surface area contributed by atoms with Crippen LogP contribution in [0.4, 0.5) is 0 Å². The van der Waals surface area contributed by atoms with E-state index < -0.39 is 0 Å². The Balaban J connectivity index is 2.45. The van der Waals surface area contributed by atoms with Gasteiger partial charge in [-0.05, 0) is 18.4 Å². The summed E-state index contributed by atoms with van der Waals surface area (Å²) in [4.78, 5) is 12.0. The van der Waals surface area contributed by atoms with Gasteiger partial charge in [-0.3, -0.25) is 4.79 Å². The molecule has 0 aliphatic carbocycles. The molecule has 0 aromatic carbocycles. The van der Waals surface area contributed by atoms with Crippen LogP contribution in [0.2, 0.25) is 0 Å². The monoisotopic (exact) mass is 250 g/mol. The van der Waals surface area contributed by atoms with Crippen molar-refractivity contribution in [3.8, 4) is 0 Å². The SMILES string of the molecule is CCCC(CCC)C(=O)NCc1cc[n+]([O-])cc1. The third kappa shape index (κ3) is 4.73. The van der Waals surface area contributed by atoms with Gasteiger partial charge in [-0.15, -0.1) is 0 Å². The fourth-order valence-corrected chi connectivity index (χ4v) is 2.00. The third-order valence-electron chi connectivity index (χ3n) is 2.98. The predicted octanol–water partition coefficient (Wildman–Crippen LogP) is 2.15. The number of rotatable bonds is 7. The van der Waals surface area contributed by atoms with Crippen LogP contribution in [0, 0.1) is 11.1 Å². The Hall–Kier alpha value is -1.58. The van der Waals surface area contributed by atoms with Crippen molar-refractivity contribution in [2.75, 3.05) is 0 Å². The highest BCUT2D eigenvalue weighted by atomic mass is 16.5. The maximum absolute atomic E-state index is 12.0. The van der Waals surface area contributed by atoms with Crippen LogP contribution in [0.1, 0.15) is 45.1 Å². The molecule has 1 rings (SSSR count). The molecule has 18 heavy (non-hydrogen) atoms. The molecule has 1 N–H and O–H groups in total. The Labute approximate surface area is 109 Å². The van der Waals surface area contributed by atoms with E-state index in [1.165, 1.54) is 12.4 Å². The molecular weight excluding hydrogens is 228 g/mol. The predicted molar refractivity (Wildman–Crippen MR) is 70.6 cm³/mol. The van der Waals surface area contributed by atoms with Gasteiger partial charge in [0.05, 0.1) is 0 Å². The zero-order chi connectivity index (χ0) is 13.4. The minimum absolute atomic E-state index is 0.119. The summed E-state index contributed by atoms with van der Waals surface area (Å²) in [6.45, 7) is 4.68. The quantitative estimate of drug-likeness (QED) is 0.595. The van der Waals surface area contributed by atoms with Gasteiger partial charge in [0.15, 0.2) is 12.4 Å². The Bertz CT molecular complexity index is 357. The van der Waals surface area contributed by atoms with Gasteiger partial charge >= 0.3 is 0 Å². The van der Waals surface area contributed by atoms with Crippen LogP contribution < -0.4 is 10.0 Å². The molecule has 0 saturated carbocycles. The minimum Gasteiger partial charge on any atom is -0.619 e. The minimum atomic E-state index is 0.119. The molecule has 0 spiro atoms. The van der Waals surface area contributed by atoms with Gasteiger partial charge in [0.25, 0.3) is 0 Å². The summed E-state index contributed by atoms with van der Waals surface area (Å²) >= 11 is 0. The van der Waals surface area contributed by atoms with Crippen molar-refractivity contribution >= 4 is 5.91 Å². The van der Waals surface area contributed by atoms with Crippen molar-refractivity contribution in [2.45, 2.75) is 46.1 Å². The van der Waals surface area contributed by atoms with E-state index in [4.69, 9.17) is 0 Å². The summed E-state index contributed by atoms with van der Waals surface area (Å²) in [5, 5.41) is 13.8. The van der Waals surface area contributed by atoms with Crippen LogP contribution in [0.25, 0.3) is 0 Å². The summed E-state index contributed by atoms with van der Waals surface area (Å²) in [5.41, 5.74) is 0.946. The van der Waals surface area contributed by atoms with Crippen LogP contribution >= 0.6 is 0 Å². The Morgan fingerprint density at radius 1 is 1.28 bits per heavy atom. The fraction of sp³-hybridized carbons (Fsp3) is 0.571. The topological polar surface area (TPSA) is 56.0 Å². The van der Waals surface area contributed by atoms with Crippen molar-refractivity contribution in [1.82, 2.24) is 5.32 Å². The lowest BCUT2D eigenvalue weighted by Gasteiger charge is -2.15. The maximum atomic E-state index is 12.0. The number of hydrogen-bond acceptors (Lipinski definition) is 2. The van der Waals surface area contributed by atoms with Gasteiger partial charge in [-0.2, -0.15) is 4.73 Å². The number of carbonyl (C=O) groups is 1. The zero-order valence-corrected chi connectivity index (χ0v) is 11.2.